The Kier molecular flexibility index (Phi) is 0.790. The molecule has 0 saturated heterocycles. The lowest BCUT2D eigenvalue weighted by Crippen LogP contribution is -1.82. The van der Waals surface area contributed by atoms with E-state index in [2.05, 4.69) is 10.2 Å². The molecule has 4 heteroatoms. The minimum atomic E-state index is 0.659. The van der Waals surface area contributed by atoms with Crippen LogP contribution in [0.1, 0.15) is 0 Å². The van der Waals surface area contributed by atoms with E-state index < -0.39 is 0 Å². The van der Waals surface area contributed by atoms with Crippen LogP contribution in [0.3, 0.4) is 0 Å². The summed E-state index contributed by atoms with van der Waals surface area (Å²) in [7, 11) is 0. The van der Waals surface area contributed by atoms with Gasteiger partial charge in [-0.15, -0.1) is 11.3 Å². The van der Waals surface area contributed by atoms with Gasteiger partial charge in [-0.3, -0.25) is 5.10 Å². The van der Waals surface area contributed by atoms with Crippen LogP contribution in [0.15, 0.2) is 11.4 Å². The first kappa shape index (κ1) is 4.81. The highest BCUT2D eigenvalue weighted by atomic mass is 32.1. The third-order valence-electron chi connectivity index (χ3n) is 1.21. The lowest BCUT2D eigenvalue weighted by Gasteiger charge is -1.76. The van der Waals surface area contributed by atoms with Gasteiger partial charge in [0.2, 0.25) is 0 Å². The number of thiophene rings is 1. The van der Waals surface area contributed by atoms with Crippen LogP contribution in [0.5, 0.6) is 0 Å². The fraction of sp³-hybridized carbons (Fsp3) is 0. The molecule has 2 aromatic heterocycles. The minimum Gasteiger partial charge on any atom is -0.384 e. The van der Waals surface area contributed by atoms with E-state index in [1.165, 1.54) is 0 Å². The fourth-order valence-electron chi connectivity index (χ4n) is 0.764. The number of nitrogen functional groups attached to an aromatic ring is 1. The van der Waals surface area contributed by atoms with Gasteiger partial charge in [-0.25, -0.2) is 0 Å². The van der Waals surface area contributed by atoms with E-state index in [1.807, 2.05) is 11.4 Å². The van der Waals surface area contributed by atoms with Crippen molar-refractivity contribution in [1.82, 2.24) is 10.2 Å². The molecule has 0 radical (unpaired) electrons. The molecule has 0 aliphatic carbocycles. The maximum Gasteiger partial charge on any atom is 0.147 e. The number of nitrogens with zero attached hydrogens (tertiary/aromatic N) is 1. The maximum atomic E-state index is 5.51. The number of nitrogens with two attached hydrogens (primary N) is 1. The topological polar surface area (TPSA) is 54.7 Å². The first-order valence-electron chi connectivity index (χ1n) is 2.55. The van der Waals surface area contributed by atoms with Crippen LogP contribution in [-0.2, 0) is 0 Å². The van der Waals surface area contributed by atoms with Crippen LogP contribution in [0.25, 0.3) is 10.2 Å². The van der Waals surface area contributed by atoms with E-state index in [0.717, 1.165) is 10.2 Å². The maximum absolute atomic E-state index is 5.51. The van der Waals surface area contributed by atoms with Crippen LogP contribution < -0.4 is 5.73 Å². The summed E-state index contributed by atoms with van der Waals surface area (Å²) in [5.41, 5.74) is 5.51. The summed E-state index contributed by atoms with van der Waals surface area (Å²) in [5.74, 6) is 0.659. The van der Waals surface area contributed by atoms with Crippen molar-refractivity contribution in [3.63, 3.8) is 0 Å². The minimum absolute atomic E-state index is 0.659. The Hall–Kier alpha value is -1.03. The average molecular weight is 139 g/mol. The summed E-state index contributed by atoms with van der Waals surface area (Å²) < 4.78 is 0. The largest absolute Gasteiger partial charge is 0.384 e. The number of anilines is 1. The van der Waals surface area contributed by atoms with Crippen molar-refractivity contribution >= 4 is 27.4 Å². The van der Waals surface area contributed by atoms with Gasteiger partial charge in [0.05, 0.1) is 5.39 Å². The van der Waals surface area contributed by atoms with Crippen molar-refractivity contribution in [2.45, 2.75) is 0 Å². The van der Waals surface area contributed by atoms with Gasteiger partial charge in [-0.05, 0) is 11.4 Å². The van der Waals surface area contributed by atoms with Crippen LogP contribution >= 0.6 is 11.3 Å². The first-order chi connectivity index (χ1) is 4.38. The average Bonchev–Trinajstić information content (AvgIpc) is 2.35. The Bertz CT molecular complexity index is 321. The molecule has 0 fully saturated rings. The Morgan fingerprint density at radius 2 is 2.56 bits per heavy atom. The fourth-order valence-corrected chi connectivity index (χ4v) is 1.50. The quantitative estimate of drug-likeness (QED) is 0.576. The normalized spacial score (nSPS) is 10.7. The summed E-state index contributed by atoms with van der Waals surface area (Å²) in [6, 6.07) is 1.96. The van der Waals surface area contributed by atoms with E-state index >= 15 is 0 Å². The van der Waals surface area contributed by atoms with Crippen LogP contribution in [-0.4, -0.2) is 10.2 Å². The highest BCUT2D eigenvalue weighted by molar-refractivity contribution is 7.16. The van der Waals surface area contributed by atoms with Crippen LogP contribution in [0.2, 0.25) is 0 Å². The molecule has 2 rings (SSSR count). The van der Waals surface area contributed by atoms with Gasteiger partial charge in [0.25, 0.3) is 0 Å². The molecule has 3 nitrogen and oxygen atoms in total. The highest BCUT2D eigenvalue weighted by Gasteiger charge is 1.99. The molecule has 0 aromatic carbocycles. The zero-order valence-electron chi connectivity index (χ0n) is 4.59. The second-order valence-electron chi connectivity index (χ2n) is 1.78. The number of H-pyrrole nitrogens is 1. The molecule has 0 aliphatic rings. The third-order valence-corrected chi connectivity index (χ3v) is 2.02. The summed E-state index contributed by atoms with van der Waals surface area (Å²) in [6.45, 7) is 0. The van der Waals surface area contributed by atoms with Crippen molar-refractivity contribution in [2.75, 3.05) is 5.73 Å². The van der Waals surface area contributed by atoms with Crippen molar-refractivity contribution < 1.29 is 0 Å². The molecule has 0 aliphatic heterocycles. The molecule has 0 unspecified atom stereocenters. The van der Waals surface area contributed by atoms with Crippen LogP contribution in [0, 0.1) is 0 Å². The van der Waals surface area contributed by atoms with E-state index in [1.54, 1.807) is 11.3 Å². The monoisotopic (exact) mass is 139 g/mol. The second-order valence-corrected chi connectivity index (χ2v) is 2.67. The Morgan fingerprint density at radius 3 is 3.33 bits per heavy atom. The molecule has 0 amide bonds. The lowest BCUT2D eigenvalue weighted by molar-refractivity contribution is 1.13. The predicted octanol–water partition coefficient (Wildman–Crippen LogP) is 1.21. The predicted molar refractivity (Wildman–Crippen MR) is 38.4 cm³/mol. The van der Waals surface area contributed by atoms with Gasteiger partial charge in [0.15, 0.2) is 0 Å². The van der Waals surface area contributed by atoms with Gasteiger partial charge in [-0.1, -0.05) is 0 Å². The van der Waals surface area contributed by atoms with Gasteiger partial charge >= 0.3 is 0 Å². The molecule has 46 valence electrons. The zero-order valence-corrected chi connectivity index (χ0v) is 5.40. The molecule has 0 bridgehead atoms. The standard InChI is InChI=1S/C5H5N3S/c6-4-3-1-2-9-5(3)8-7-4/h1-2H,(H3,6,7,8). The molecule has 2 heterocycles. The number of fused-ring (bicyclic) bond motifs is 1. The highest BCUT2D eigenvalue weighted by Crippen LogP contribution is 2.21. The lowest BCUT2D eigenvalue weighted by atomic mass is 10.4. The molecule has 3 N–H and O–H groups in total. The van der Waals surface area contributed by atoms with Crippen LogP contribution in [0.4, 0.5) is 5.82 Å². The third kappa shape index (κ3) is 0.533. The molecule has 9 heavy (non-hydrogen) atoms. The molecule has 0 saturated carbocycles. The molecule has 0 spiro atoms. The van der Waals surface area contributed by atoms with Gasteiger partial charge in [-0.2, -0.15) is 5.10 Å². The van der Waals surface area contributed by atoms with E-state index in [0.29, 0.717) is 5.82 Å². The zero-order chi connectivity index (χ0) is 6.27. The Labute approximate surface area is 55.5 Å². The first-order valence-corrected chi connectivity index (χ1v) is 3.43. The van der Waals surface area contributed by atoms with Crippen molar-refractivity contribution in [3.8, 4) is 0 Å². The molecular weight excluding hydrogens is 134 g/mol. The number of aromatic amines is 1. The number of hydrogen-bond donors (Lipinski definition) is 2. The smallest absolute Gasteiger partial charge is 0.147 e. The van der Waals surface area contributed by atoms with Crippen molar-refractivity contribution in [2.24, 2.45) is 0 Å². The summed E-state index contributed by atoms with van der Waals surface area (Å²) in [4.78, 5) is 0.979. The molecule has 0 atom stereocenters. The van der Waals surface area contributed by atoms with Gasteiger partial charge in [0.1, 0.15) is 10.6 Å². The molecule has 2 aromatic rings. The van der Waals surface area contributed by atoms with Crippen molar-refractivity contribution in [1.29, 1.82) is 0 Å². The summed E-state index contributed by atoms with van der Waals surface area (Å²) in [6.07, 6.45) is 0. The van der Waals surface area contributed by atoms with E-state index in [-0.39, 0.29) is 0 Å². The van der Waals surface area contributed by atoms with Gasteiger partial charge < -0.3 is 5.73 Å². The number of rotatable bonds is 0. The van der Waals surface area contributed by atoms with Crippen molar-refractivity contribution in [3.05, 3.63) is 11.4 Å². The van der Waals surface area contributed by atoms with E-state index in [4.69, 9.17) is 5.73 Å². The number of nitrogens with one attached hydrogen (secondary N) is 1. The Balaban J connectivity index is 2.99. The Morgan fingerprint density at radius 1 is 1.67 bits per heavy atom. The molecular formula is C5H5N3S. The number of aromatic nitrogens is 2. The number of hydrogen-bond acceptors (Lipinski definition) is 3. The summed E-state index contributed by atoms with van der Waals surface area (Å²) in [5, 5.41) is 9.64. The van der Waals surface area contributed by atoms with Gasteiger partial charge in [0, 0.05) is 0 Å². The SMILES string of the molecule is Nc1[nH]nc2sccc12. The summed E-state index contributed by atoms with van der Waals surface area (Å²) >= 11 is 1.59. The second kappa shape index (κ2) is 1.48. The van der Waals surface area contributed by atoms with E-state index in [9.17, 15) is 0 Å².